The van der Waals surface area contributed by atoms with Gasteiger partial charge in [-0.1, -0.05) is 0 Å². The van der Waals surface area contributed by atoms with E-state index in [-0.39, 0.29) is 17.3 Å². The Kier molecular flexibility index (Phi) is 4.04. The molecule has 2 aromatic carbocycles. The van der Waals surface area contributed by atoms with E-state index < -0.39 is 0 Å². The number of Topliss-reactive ketones (excluding diaryl/α,β-unsaturated/α-hetero) is 1. The zero-order valence-corrected chi connectivity index (χ0v) is 13.5. The number of ether oxygens (including phenoxy) is 4. The van der Waals surface area contributed by atoms with Crippen molar-refractivity contribution in [1.29, 1.82) is 0 Å². The number of phenolic OH excluding ortho intramolecular Hbond substituents is 1. The van der Waals surface area contributed by atoms with Gasteiger partial charge in [0.15, 0.2) is 17.3 Å². The topological polar surface area (TPSA) is 74.2 Å². The van der Waals surface area contributed by atoms with Gasteiger partial charge in [0.1, 0.15) is 11.5 Å². The summed E-state index contributed by atoms with van der Waals surface area (Å²) in [5.74, 6) is 1.61. The van der Waals surface area contributed by atoms with Gasteiger partial charge in [0.25, 0.3) is 0 Å². The van der Waals surface area contributed by atoms with Crippen LogP contribution in [0.5, 0.6) is 28.7 Å². The fourth-order valence-electron chi connectivity index (χ4n) is 2.55. The zero-order chi connectivity index (χ0) is 17.3. The van der Waals surface area contributed by atoms with Crippen molar-refractivity contribution in [3.63, 3.8) is 0 Å². The molecule has 0 saturated carbocycles. The second-order valence-electron chi connectivity index (χ2n) is 5.04. The normalized spacial score (nSPS) is 14.3. The van der Waals surface area contributed by atoms with Gasteiger partial charge < -0.3 is 24.1 Å². The van der Waals surface area contributed by atoms with E-state index in [1.807, 2.05) is 0 Å². The quantitative estimate of drug-likeness (QED) is 0.870. The summed E-state index contributed by atoms with van der Waals surface area (Å²) >= 11 is 0. The van der Waals surface area contributed by atoms with Crippen molar-refractivity contribution >= 4 is 11.9 Å². The summed E-state index contributed by atoms with van der Waals surface area (Å²) in [5, 5.41) is 9.51. The molecule has 0 spiro atoms. The smallest absolute Gasteiger partial charge is 0.231 e. The Labute approximate surface area is 138 Å². The van der Waals surface area contributed by atoms with Gasteiger partial charge in [-0.15, -0.1) is 0 Å². The second kappa shape index (κ2) is 6.16. The molecule has 0 aliphatic carbocycles. The van der Waals surface area contributed by atoms with Crippen molar-refractivity contribution in [3.8, 4) is 28.7 Å². The van der Waals surface area contributed by atoms with Crippen LogP contribution in [0.2, 0.25) is 0 Å². The van der Waals surface area contributed by atoms with Crippen LogP contribution < -0.4 is 18.9 Å². The molecule has 6 heteroatoms. The van der Waals surface area contributed by atoms with E-state index in [0.29, 0.717) is 34.1 Å². The number of hydrogen-bond acceptors (Lipinski definition) is 6. The van der Waals surface area contributed by atoms with Gasteiger partial charge in [0.2, 0.25) is 11.5 Å². The van der Waals surface area contributed by atoms with Gasteiger partial charge in [-0.25, -0.2) is 0 Å². The Morgan fingerprint density at radius 1 is 1.00 bits per heavy atom. The van der Waals surface area contributed by atoms with Crippen LogP contribution in [0.25, 0.3) is 6.08 Å². The van der Waals surface area contributed by atoms with Crippen LogP contribution in [0.4, 0.5) is 0 Å². The fourth-order valence-corrected chi connectivity index (χ4v) is 2.55. The summed E-state index contributed by atoms with van der Waals surface area (Å²) in [7, 11) is 4.54. The third-order valence-electron chi connectivity index (χ3n) is 3.67. The summed E-state index contributed by atoms with van der Waals surface area (Å²) in [6.07, 6.45) is 1.57. The van der Waals surface area contributed by atoms with E-state index in [9.17, 15) is 9.90 Å². The Balaban J connectivity index is 2.06. The first kappa shape index (κ1) is 15.7. The SMILES string of the molecule is COc1ccc(/C=C2/Oc3cc(O)ccc3C2=O)c(OC)c1OC. The summed E-state index contributed by atoms with van der Waals surface area (Å²) in [6.45, 7) is 0. The van der Waals surface area contributed by atoms with Gasteiger partial charge in [0, 0.05) is 11.6 Å². The van der Waals surface area contributed by atoms with E-state index >= 15 is 0 Å². The maximum Gasteiger partial charge on any atom is 0.231 e. The van der Waals surface area contributed by atoms with Crippen LogP contribution in [0.1, 0.15) is 15.9 Å². The van der Waals surface area contributed by atoms with E-state index in [1.54, 1.807) is 18.2 Å². The molecule has 1 heterocycles. The molecular formula is C18H16O6. The summed E-state index contributed by atoms with van der Waals surface area (Å²) in [4.78, 5) is 12.4. The van der Waals surface area contributed by atoms with E-state index in [0.717, 1.165) is 0 Å². The van der Waals surface area contributed by atoms with E-state index in [4.69, 9.17) is 18.9 Å². The maximum absolute atomic E-state index is 12.4. The van der Waals surface area contributed by atoms with Gasteiger partial charge in [-0.05, 0) is 30.3 Å². The minimum absolute atomic E-state index is 0.0338. The van der Waals surface area contributed by atoms with Crippen molar-refractivity contribution in [3.05, 3.63) is 47.2 Å². The fraction of sp³-hybridized carbons (Fsp3) is 0.167. The minimum atomic E-state index is -0.262. The first-order valence-electron chi connectivity index (χ1n) is 7.15. The molecule has 0 aromatic heterocycles. The van der Waals surface area contributed by atoms with Gasteiger partial charge in [-0.3, -0.25) is 4.79 Å². The van der Waals surface area contributed by atoms with Crippen molar-refractivity contribution in [2.24, 2.45) is 0 Å². The summed E-state index contributed by atoms with van der Waals surface area (Å²) in [5.41, 5.74) is 1.01. The highest BCUT2D eigenvalue weighted by molar-refractivity contribution is 6.14. The van der Waals surface area contributed by atoms with Crippen LogP contribution >= 0.6 is 0 Å². The molecule has 1 aliphatic rings. The van der Waals surface area contributed by atoms with Crippen LogP contribution in [0.15, 0.2) is 36.1 Å². The Morgan fingerprint density at radius 2 is 1.75 bits per heavy atom. The van der Waals surface area contributed by atoms with Crippen molar-refractivity contribution < 1.29 is 28.8 Å². The number of phenols is 1. The zero-order valence-electron chi connectivity index (χ0n) is 13.5. The Morgan fingerprint density at radius 3 is 2.42 bits per heavy atom. The molecule has 0 saturated heterocycles. The number of benzene rings is 2. The number of rotatable bonds is 4. The Bertz CT molecular complexity index is 838. The summed E-state index contributed by atoms with van der Waals surface area (Å²) in [6, 6.07) is 7.83. The molecule has 6 nitrogen and oxygen atoms in total. The van der Waals surface area contributed by atoms with Crippen LogP contribution in [-0.2, 0) is 0 Å². The van der Waals surface area contributed by atoms with E-state index in [1.165, 1.54) is 39.5 Å². The van der Waals surface area contributed by atoms with Crippen molar-refractivity contribution in [2.45, 2.75) is 0 Å². The average Bonchev–Trinajstić information content (AvgIpc) is 2.89. The number of ketones is 1. The molecule has 0 bridgehead atoms. The standard InChI is InChI=1S/C18H16O6/c1-21-13-7-4-10(17(22-2)18(13)23-3)8-15-16(20)12-6-5-11(19)9-14(12)24-15/h4-9,19H,1-3H3/b15-8+. The number of carbonyl (C=O) groups is 1. The number of methoxy groups -OCH3 is 3. The van der Waals surface area contributed by atoms with Gasteiger partial charge >= 0.3 is 0 Å². The molecule has 2 aromatic rings. The number of fused-ring (bicyclic) bond motifs is 1. The predicted molar refractivity (Wildman–Crippen MR) is 87.1 cm³/mol. The summed E-state index contributed by atoms with van der Waals surface area (Å²) < 4.78 is 21.5. The first-order chi connectivity index (χ1) is 11.6. The molecule has 0 fully saturated rings. The number of carbonyl (C=O) groups excluding carboxylic acids is 1. The largest absolute Gasteiger partial charge is 0.508 e. The molecule has 1 aliphatic heterocycles. The lowest BCUT2D eigenvalue weighted by Gasteiger charge is -2.14. The molecule has 0 radical (unpaired) electrons. The lowest BCUT2D eigenvalue weighted by molar-refractivity contribution is 0.101. The average molecular weight is 328 g/mol. The highest BCUT2D eigenvalue weighted by Crippen LogP contribution is 2.42. The molecule has 0 atom stereocenters. The number of aromatic hydroxyl groups is 1. The molecule has 0 amide bonds. The van der Waals surface area contributed by atoms with Crippen molar-refractivity contribution in [2.75, 3.05) is 21.3 Å². The number of allylic oxidation sites excluding steroid dienone is 1. The maximum atomic E-state index is 12.4. The van der Waals surface area contributed by atoms with E-state index in [2.05, 4.69) is 0 Å². The lowest BCUT2D eigenvalue weighted by Crippen LogP contribution is -2.00. The number of hydrogen-bond donors (Lipinski definition) is 1. The first-order valence-corrected chi connectivity index (χ1v) is 7.15. The van der Waals surface area contributed by atoms with Crippen LogP contribution in [0.3, 0.4) is 0 Å². The third kappa shape index (κ3) is 2.52. The highest BCUT2D eigenvalue weighted by atomic mass is 16.5. The molecule has 3 rings (SSSR count). The Hall–Kier alpha value is -3.15. The molecule has 0 unspecified atom stereocenters. The third-order valence-corrected chi connectivity index (χ3v) is 3.67. The molecule has 24 heavy (non-hydrogen) atoms. The molecular weight excluding hydrogens is 312 g/mol. The van der Waals surface area contributed by atoms with Gasteiger partial charge in [-0.2, -0.15) is 0 Å². The van der Waals surface area contributed by atoms with Crippen molar-refractivity contribution in [1.82, 2.24) is 0 Å². The predicted octanol–water partition coefficient (Wildman–Crippen LogP) is 3.03. The molecule has 1 N–H and O–H groups in total. The highest BCUT2D eigenvalue weighted by Gasteiger charge is 2.28. The molecule has 124 valence electrons. The van der Waals surface area contributed by atoms with Crippen LogP contribution in [-0.4, -0.2) is 32.2 Å². The minimum Gasteiger partial charge on any atom is -0.508 e. The monoisotopic (exact) mass is 328 g/mol. The van der Waals surface area contributed by atoms with Crippen LogP contribution in [0, 0.1) is 0 Å². The van der Waals surface area contributed by atoms with Gasteiger partial charge in [0.05, 0.1) is 26.9 Å². The lowest BCUT2D eigenvalue weighted by atomic mass is 10.1. The second-order valence-corrected chi connectivity index (χ2v) is 5.04.